The number of pyridine rings is 1. The quantitative estimate of drug-likeness (QED) is 0.502. The lowest BCUT2D eigenvalue weighted by atomic mass is 10.2. The van der Waals surface area contributed by atoms with Gasteiger partial charge in [0.05, 0.1) is 0 Å². The largest absolute Gasteiger partial charge is 1.00 e. The van der Waals surface area contributed by atoms with Crippen molar-refractivity contribution in [2.24, 2.45) is 0 Å². The minimum atomic E-state index is 0. The van der Waals surface area contributed by atoms with E-state index in [9.17, 15) is 0 Å². The fraction of sp³-hybridized carbons (Fsp3) is 0.643. The molecule has 1 aromatic heterocycles. The van der Waals surface area contributed by atoms with Crippen LogP contribution >= 0.6 is 11.8 Å². The summed E-state index contributed by atoms with van der Waals surface area (Å²) < 4.78 is 2.25. The molecule has 0 bridgehead atoms. The number of halogens is 1. The molecule has 1 heterocycles. The van der Waals surface area contributed by atoms with Crippen LogP contribution in [0.2, 0.25) is 0 Å². The number of thioether (sulfide) groups is 1. The van der Waals surface area contributed by atoms with Gasteiger partial charge in [0.15, 0.2) is 18.3 Å². The van der Waals surface area contributed by atoms with Crippen molar-refractivity contribution in [1.29, 1.82) is 0 Å². The molecule has 2 nitrogen and oxygen atoms in total. The number of aromatic nitrogens is 1. The van der Waals surface area contributed by atoms with Gasteiger partial charge in [-0.25, -0.2) is 0 Å². The number of unbranched alkanes of at least 4 members (excludes halogenated alkanes) is 3. The minimum Gasteiger partial charge on any atom is -1.00 e. The molecule has 0 aliphatic rings. The summed E-state index contributed by atoms with van der Waals surface area (Å²) in [6.07, 6.45) is 9.77. The first kappa shape index (κ1) is 17.6. The van der Waals surface area contributed by atoms with E-state index in [1.165, 1.54) is 37.1 Å². The number of nitrogens with zero attached hydrogens (tertiary/aromatic N) is 2. The zero-order valence-corrected chi connectivity index (χ0v) is 13.3. The molecule has 1 rings (SSSR count). The summed E-state index contributed by atoms with van der Waals surface area (Å²) in [6.45, 7) is 2.26. The van der Waals surface area contributed by atoms with Crippen LogP contribution < -0.4 is 21.9 Å². The van der Waals surface area contributed by atoms with Gasteiger partial charge in [0, 0.05) is 31.9 Å². The fourth-order valence-corrected chi connectivity index (χ4v) is 2.55. The SMILES string of the molecule is CCCCCCSC[n+]1ccc(N(C)C)cc1.[Cl-]. The molecule has 4 heteroatoms. The highest BCUT2D eigenvalue weighted by atomic mass is 35.5. The first-order valence-electron chi connectivity index (χ1n) is 6.48. The molecular weight excluding hydrogens is 264 g/mol. The van der Waals surface area contributed by atoms with Crippen LogP contribution in [0.4, 0.5) is 5.69 Å². The van der Waals surface area contributed by atoms with Crippen molar-refractivity contribution in [3.63, 3.8) is 0 Å². The number of rotatable bonds is 8. The molecule has 0 radical (unpaired) electrons. The lowest BCUT2D eigenvalue weighted by Crippen LogP contribution is -3.00. The number of anilines is 1. The summed E-state index contributed by atoms with van der Waals surface area (Å²) in [5, 5.41) is 0. The second-order valence-corrected chi connectivity index (χ2v) is 5.64. The summed E-state index contributed by atoms with van der Waals surface area (Å²) in [7, 11) is 4.14. The van der Waals surface area contributed by atoms with Gasteiger partial charge < -0.3 is 17.3 Å². The lowest BCUT2D eigenvalue weighted by Gasteiger charge is -2.10. The van der Waals surface area contributed by atoms with Crippen molar-refractivity contribution >= 4 is 17.4 Å². The Kier molecular flexibility index (Phi) is 10.3. The van der Waals surface area contributed by atoms with Gasteiger partial charge in [-0.15, -0.1) is 0 Å². The third-order valence-corrected chi connectivity index (χ3v) is 3.83. The molecule has 0 aliphatic heterocycles. The van der Waals surface area contributed by atoms with Crippen molar-refractivity contribution < 1.29 is 17.0 Å². The van der Waals surface area contributed by atoms with Crippen LogP contribution in [0.3, 0.4) is 0 Å². The summed E-state index contributed by atoms with van der Waals surface area (Å²) in [5.41, 5.74) is 1.26. The monoisotopic (exact) mass is 288 g/mol. The Bertz CT molecular complexity index is 301. The van der Waals surface area contributed by atoms with E-state index in [1.54, 1.807) is 0 Å². The standard InChI is InChI=1S/C14H25N2S.ClH/c1-4-5-6-7-12-17-13-16-10-8-14(9-11-16)15(2)3;/h8-11H,4-7,12-13H2,1-3H3;1H/q+1;/p-1. The molecule has 0 aliphatic carbocycles. The number of hydrogen-bond acceptors (Lipinski definition) is 2. The van der Waals surface area contributed by atoms with Crippen LogP contribution in [0.25, 0.3) is 0 Å². The van der Waals surface area contributed by atoms with Gasteiger partial charge in [-0.1, -0.05) is 37.9 Å². The molecule has 0 saturated carbocycles. The highest BCUT2D eigenvalue weighted by molar-refractivity contribution is 7.98. The molecule has 104 valence electrons. The Hall–Kier alpha value is -0.410. The molecule has 18 heavy (non-hydrogen) atoms. The number of hydrogen-bond donors (Lipinski definition) is 0. The van der Waals surface area contributed by atoms with Gasteiger partial charge >= 0.3 is 0 Å². The van der Waals surface area contributed by atoms with E-state index in [0.29, 0.717) is 0 Å². The highest BCUT2D eigenvalue weighted by Gasteiger charge is 2.01. The zero-order chi connectivity index (χ0) is 12.5. The summed E-state index contributed by atoms with van der Waals surface area (Å²) in [5.74, 6) is 2.35. The Balaban J connectivity index is 0.00000289. The van der Waals surface area contributed by atoms with Gasteiger partial charge in [-0.05, 0) is 12.2 Å². The van der Waals surface area contributed by atoms with E-state index >= 15 is 0 Å². The Labute approximate surface area is 122 Å². The molecular formula is C14H25ClN2S. The average Bonchev–Trinajstić information content (AvgIpc) is 2.34. The van der Waals surface area contributed by atoms with Crippen LogP contribution in [0.15, 0.2) is 24.5 Å². The topological polar surface area (TPSA) is 7.12 Å². The minimum absolute atomic E-state index is 0. The van der Waals surface area contributed by atoms with Gasteiger partial charge in [0.1, 0.15) is 0 Å². The lowest BCUT2D eigenvalue weighted by molar-refractivity contribution is -0.675. The highest BCUT2D eigenvalue weighted by Crippen LogP contribution is 2.09. The second-order valence-electron chi connectivity index (χ2n) is 4.56. The molecule has 0 unspecified atom stereocenters. The third kappa shape index (κ3) is 7.12. The Morgan fingerprint density at radius 1 is 1.11 bits per heavy atom. The van der Waals surface area contributed by atoms with Crippen LogP contribution in [-0.2, 0) is 5.88 Å². The second kappa shape index (κ2) is 10.5. The predicted octanol–water partition coefficient (Wildman–Crippen LogP) is 0.315. The van der Waals surface area contributed by atoms with Gasteiger partial charge in [0.25, 0.3) is 0 Å². The van der Waals surface area contributed by atoms with E-state index < -0.39 is 0 Å². The van der Waals surface area contributed by atoms with Crippen molar-refractivity contribution in [3.8, 4) is 0 Å². The van der Waals surface area contributed by atoms with Crippen LogP contribution in [0, 0.1) is 0 Å². The third-order valence-electron chi connectivity index (χ3n) is 2.77. The van der Waals surface area contributed by atoms with E-state index in [1.807, 2.05) is 11.8 Å². The maximum atomic E-state index is 2.26. The molecule has 1 aromatic rings. The maximum absolute atomic E-state index is 2.26. The van der Waals surface area contributed by atoms with Crippen LogP contribution in [0.1, 0.15) is 32.6 Å². The van der Waals surface area contributed by atoms with Crippen molar-refractivity contribution in [1.82, 2.24) is 0 Å². The van der Waals surface area contributed by atoms with Crippen molar-refractivity contribution in [2.75, 3.05) is 24.7 Å². The van der Waals surface area contributed by atoms with Crippen LogP contribution in [0.5, 0.6) is 0 Å². The van der Waals surface area contributed by atoms with E-state index in [0.717, 1.165) is 5.88 Å². The summed E-state index contributed by atoms with van der Waals surface area (Å²) >= 11 is 2.02. The van der Waals surface area contributed by atoms with E-state index in [4.69, 9.17) is 0 Å². The normalized spacial score (nSPS) is 9.94. The van der Waals surface area contributed by atoms with E-state index in [-0.39, 0.29) is 12.4 Å². The fourth-order valence-electron chi connectivity index (χ4n) is 1.63. The van der Waals surface area contributed by atoms with Crippen LogP contribution in [-0.4, -0.2) is 19.8 Å². The summed E-state index contributed by atoms with van der Waals surface area (Å²) in [6, 6.07) is 4.33. The summed E-state index contributed by atoms with van der Waals surface area (Å²) in [4.78, 5) is 2.13. The Morgan fingerprint density at radius 2 is 1.78 bits per heavy atom. The smallest absolute Gasteiger partial charge is 0.194 e. The first-order chi connectivity index (χ1) is 8.24. The first-order valence-corrected chi connectivity index (χ1v) is 7.63. The molecule has 0 N–H and O–H groups in total. The van der Waals surface area contributed by atoms with E-state index in [2.05, 4.69) is 55.0 Å². The molecule has 0 saturated heterocycles. The Morgan fingerprint density at radius 3 is 2.33 bits per heavy atom. The van der Waals surface area contributed by atoms with Crippen molar-refractivity contribution in [3.05, 3.63) is 24.5 Å². The zero-order valence-electron chi connectivity index (χ0n) is 11.7. The van der Waals surface area contributed by atoms with Gasteiger partial charge in [0.2, 0.25) is 0 Å². The maximum Gasteiger partial charge on any atom is 0.194 e. The molecule has 0 aromatic carbocycles. The van der Waals surface area contributed by atoms with Crippen molar-refractivity contribution in [2.45, 2.75) is 38.5 Å². The molecule has 0 atom stereocenters. The molecule has 0 fully saturated rings. The average molecular weight is 289 g/mol. The van der Waals surface area contributed by atoms with Gasteiger partial charge in [-0.2, -0.15) is 4.57 Å². The molecule has 0 amide bonds. The molecule has 0 spiro atoms. The predicted molar refractivity (Wildman–Crippen MR) is 77.6 cm³/mol. The van der Waals surface area contributed by atoms with Gasteiger partial charge in [-0.3, -0.25) is 0 Å².